The molecular formula is C21H26N2O5. The number of nitrogens with one attached hydrogen (secondary N) is 1. The predicted octanol–water partition coefficient (Wildman–Crippen LogP) is 2.44. The third-order valence-corrected chi connectivity index (χ3v) is 5.27. The molecular weight excluding hydrogens is 360 g/mol. The minimum atomic E-state index is -0.853. The molecule has 150 valence electrons. The lowest BCUT2D eigenvalue weighted by atomic mass is 9.95. The molecule has 1 atom stereocenters. The highest BCUT2D eigenvalue weighted by Gasteiger charge is 2.34. The summed E-state index contributed by atoms with van der Waals surface area (Å²) in [6.07, 6.45) is 4.82. The Morgan fingerprint density at radius 1 is 1.11 bits per heavy atom. The van der Waals surface area contributed by atoms with Crippen molar-refractivity contribution in [2.24, 2.45) is 0 Å². The first-order valence-electron chi connectivity index (χ1n) is 9.92. The first-order valence-corrected chi connectivity index (χ1v) is 9.92. The molecule has 3 amide bonds. The fourth-order valence-electron chi connectivity index (χ4n) is 3.70. The number of rotatable bonds is 7. The van der Waals surface area contributed by atoms with Crippen LogP contribution in [0.4, 0.5) is 0 Å². The van der Waals surface area contributed by atoms with Crippen LogP contribution < -0.4 is 5.32 Å². The van der Waals surface area contributed by atoms with E-state index in [1.165, 1.54) is 6.42 Å². The Balaban J connectivity index is 1.40. The molecule has 28 heavy (non-hydrogen) atoms. The number of amides is 3. The number of hydrogen-bond acceptors (Lipinski definition) is 5. The van der Waals surface area contributed by atoms with E-state index < -0.39 is 12.1 Å². The van der Waals surface area contributed by atoms with Gasteiger partial charge in [-0.25, -0.2) is 0 Å². The van der Waals surface area contributed by atoms with Gasteiger partial charge in [0.1, 0.15) is 0 Å². The molecule has 1 unspecified atom stereocenters. The van der Waals surface area contributed by atoms with Gasteiger partial charge in [-0.05, 0) is 38.3 Å². The second-order valence-electron chi connectivity index (χ2n) is 7.39. The molecule has 7 nitrogen and oxygen atoms in total. The van der Waals surface area contributed by atoms with Crippen LogP contribution >= 0.6 is 0 Å². The summed E-state index contributed by atoms with van der Waals surface area (Å²) in [6, 6.07) is 6.83. The summed E-state index contributed by atoms with van der Waals surface area (Å²) >= 11 is 0. The SMILES string of the molecule is CC(OC(=O)CCCN1C(=O)c2ccccc2C1=O)C(=O)NC1CCCCC1. The van der Waals surface area contributed by atoms with E-state index in [1.807, 2.05) is 0 Å². The minimum Gasteiger partial charge on any atom is -0.453 e. The molecule has 1 fully saturated rings. The summed E-state index contributed by atoms with van der Waals surface area (Å²) in [7, 11) is 0. The number of imide groups is 1. The standard InChI is InChI=1S/C21H26N2O5/c1-14(19(25)22-15-8-3-2-4-9-15)28-18(24)12-7-13-23-20(26)16-10-5-6-11-17(16)21(23)27/h5-6,10-11,14-15H,2-4,7-9,12-13H2,1H3,(H,22,25). The summed E-state index contributed by atoms with van der Waals surface area (Å²) in [6.45, 7) is 1.70. The van der Waals surface area contributed by atoms with Crippen LogP contribution in [0.1, 0.15) is 72.6 Å². The largest absolute Gasteiger partial charge is 0.453 e. The summed E-state index contributed by atoms with van der Waals surface area (Å²) in [5.41, 5.74) is 0.783. The Morgan fingerprint density at radius 2 is 1.71 bits per heavy atom. The topological polar surface area (TPSA) is 92.8 Å². The van der Waals surface area contributed by atoms with Crippen LogP contribution in [-0.4, -0.2) is 47.3 Å². The molecule has 1 aliphatic heterocycles. The highest BCUT2D eigenvalue weighted by molar-refractivity contribution is 6.21. The Labute approximate surface area is 164 Å². The van der Waals surface area contributed by atoms with E-state index in [0.717, 1.165) is 30.6 Å². The van der Waals surface area contributed by atoms with Crippen LogP contribution in [-0.2, 0) is 14.3 Å². The summed E-state index contributed by atoms with van der Waals surface area (Å²) in [5, 5.41) is 2.93. The second-order valence-corrected chi connectivity index (χ2v) is 7.39. The normalized spacial score (nSPS) is 18.0. The van der Waals surface area contributed by atoms with E-state index in [9.17, 15) is 19.2 Å². The Morgan fingerprint density at radius 3 is 2.32 bits per heavy atom. The van der Waals surface area contributed by atoms with Gasteiger partial charge in [-0.1, -0.05) is 31.4 Å². The lowest BCUT2D eigenvalue weighted by Crippen LogP contribution is -2.42. The first-order chi connectivity index (χ1) is 13.5. The summed E-state index contributed by atoms with van der Waals surface area (Å²) in [5.74, 6) is -1.47. The molecule has 0 spiro atoms. The van der Waals surface area contributed by atoms with Crippen LogP contribution in [0.15, 0.2) is 24.3 Å². The van der Waals surface area contributed by atoms with Crippen molar-refractivity contribution in [3.8, 4) is 0 Å². The number of ether oxygens (including phenoxy) is 1. The smallest absolute Gasteiger partial charge is 0.306 e. The van der Waals surface area contributed by atoms with Gasteiger partial charge in [0.05, 0.1) is 11.1 Å². The minimum absolute atomic E-state index is 0.0362. The van der Waals surface area contributed by atoms with Crippen molar-refractivity contribution >= 4 is 23.7 Å². The predicted molar refractivity (Wildman–Crippen MR) is 102 cm³/mol. The van der Waals surface area contributed by atoms with Crippen molar-refractivity contribution in [1.82, 2.24) is 10.2 Å². The molecule has 3 rings (SSSR count). The van der Waals surface area contributed by atoms with E-state index in [1.54, 1.807) is 31.2 Å². The van der Waals surface area contributed by atoms with Gasteiger partial charge >= 0.3 is 5.97 Å². The van der Waals surface area contributed by atoms with Gasteiger partial charge < -0.3 is 10.1 Å². The highest BCUT2D eigenvalue weighted by atomic mass is 16.5. The molecule has 1 heterocycles. The number of benzene rings is 1. The average molecular weight is 386 g/mol. The molecule has 1 N–H and O–H groups in total. The van der Waals surface area contributed by atoms with Gasteiger partial charge in [-0.2, -0.15) is 0 Å². The van der Waals surface area contributed by atoms with E-state index in [2.05, 4.69) is 5.32 Å². The van der Waals surface area contributed by atoms with Crippen LogP contribution in [0, 0.1) is 0 Å². The maximum atomic E-state index is 12.3. The molecule has 2 aliphatic rings. The quantitative estimate of drug-likeness (QED) is 0.574. The number of nitrogens with zero attached hydrogens (tertiary/aromatic N) is 1. The number of carbonyl (C=O) groups excluding carboxylic acids is 4. The molecule has 0 bridgehead atoms. The van der Waals surface area contributed by atoms with Gasteiger partial charge in [0, 0.05) is 19.0 Å². The second kappa shape index (κ2) is 8.99. The van der Waals surface area contributed by atoms with E-state index >= 15 is 0 Å². The number of carbonyl (C=O) groups is 4. The maximum Gasteiger partial charge on any atom is 0.306 e. The lowest BCUT2D eigenvalue weighted by molar-refractivity contribution is -0.155. The molecule has 1 aliphatic carbocycles. The van der Waals surface area contributed by atoms with Crippen LogP contribution in [0.3, 0.4) is 0 Å². The number of fused-ring (bicyclic) bond motifs is 1. The van der Waals surface area contributed by atoms with E-state index in [4.69, 9.17) is 4.74 Å². The van der Waals surface area contributed by atoms with Crippen LogP contribution in [0.5, 0.6) is 0 Å². The Hall–Kier alpha value is -2.70. The van der Waals surface area contributed by atoms with Gasteiger partial charge in [-0.3, -0.25) is 24.1 Å². The van der Waals surface area contributed by atoms with Crippen LogP contribution in [0.2, 0.25) is 0 Å². The fourth-order valence-corrected chi connectivity index (χ4v) is 3.70. The summed E-state index contributed by atoms with van der Waals surface area (Å²) in [4.78, 5) is 49.9. The number of hydrogen-bond donors (Lipinski definition) is 1. The molecule has 0 aromatic heterocycles. The molecule has 0 saturated heterocycles. The molecule has 1 aromatic carbocycles. The first kappa shape index (κ1) is 20.0. The molecule has 1 saturated carbocycles. The van der Waals surface area contributed by atoms with Crippen LogP contribution in [0.25, 0.3) is 0 Å². The van der Waals surface area contributed by atoms with Gasteiger partial charge in [0.15, 0.2) is 6.10 Å². The number of esters is 1. The van der Waals surface area contributed by atoms with Gasteiger partial charge in [0.25, 0.3) is 17.7 Å². The Kier molecular flexibility index (Phi) is 6.44. The zero-order valence-electron chi connectivity index (χ0n) is 16.1. The van der Waals surface area contributed by atoms with E-state index in [-0.39, 0.29) is 36.7 Å². The van der Waals surface area contributed by atoms with Gasteiger partial charge in [0.2, 0.25) is 0 Å². The molecule has 0 radical (unpaired) electrons. The monoisotopic (exact) mass is 386 g/mol. The Bertz CT molecular complexity index is 735. The third kappa shape index (κ3) is 4.58. The maximum absolute atomic E-state index is 12.3. The zero-order valence-corrected chi connectivity index (χ0v) is 16.1. The molecule has 7 heteroatoms. The van der Waals surface area contributed by atoms with Gasteiger partial charge in [-0.15, -0.1) is 0 Å². The van der Waals surface area contributed by atoms with E-state index in [0.29, 0.717) is 17.5 Å². The van der Waals surface area contributed by atoms with Crippen molar-refractivity contribution in [3.05, 3.63) is 35.4 Å². The lowest BCUT2D eigenvalue weighted by Gasteiger charge is -2.24. The summed E-state index contributed by atoms with van der Waals surface area (Å²) < 4.78 is 5.19. The zero-order chi connectivity index (χ0) is 20.1. The van der Waals surface area contributed by atoms with Crippen molar-refractivity contribution in [1.29, 1.82) is 0 Å². The highest BCUT2D eigenvalue weighted by Crippen LogP contribution is 2.22. The average Bonchev–Trinajstić information content (AvgIpc) is 2.94. The van der Waals surface area contributed by atoms with Crippen molar-refractivity contribution in [2.75, 3.05) is 6.54 Å². The van der Waals surface area contributed by atoms with Crippen molar-refractivity contribution < 1.29 is 23.9 Å². The molecule has 1 aromatic rings. The van der Waals surface area contributed by atoms with Crippen molar-refractivity contribution in [3.63, 3.8) is 0 Å². The fraction of sp³-hybridized carbons (Fsp3) is 0.524. The van der Waals surface area contributed by atoms with Crippen molar-refractivity contribution in [2.45, 2.75) is 64.0 Å². The third-order valence-electron chi connectivity index (χ3n) is 5.27.